The van der Waals surface area contributed by atoms with Crippen molar-refractivity contribution in [3.05, 3.63) is 35.4 Å². The zero-order valence-corrected chi connectivity index (χ0v) is 24.4. The summed E-state index contributed by atoms with van der Waals surface area (Å²) in [4.78, 5) is 0. The van der Waals surface area contributed by atoms with Gasteiger partial charge in [0.25, 0.3) is 0 Å². The molecule has 4 unspecified atom stereocenters. The van der Waals surface area contributed by atoms with Crippen LogP contribution in [0.15, 0.2) is 29.8 Å². The van der Waals surface area contributed by atoms with E-state index in [9.17, 15) is 0 Å². The number of ether oxygens (including phenoxy) is 1. The molecular formula is C34H54N2O. The van der Waals surface area contributed by atoms with Crippen LogP contribution in [0.1, 0.15) is 111 Å². The number of anilines is 2. The lowest BCUT2D eigenvalue weighted by molar-refractivity contribution is -0.0656. The topological polar surface area (TPSA) is 61.3 Å². The number of benzene rings is 1. The van der Waals surface area contributed by atoms with Gasteiger partial charge in [0, 0.05) is 11.4 Å². The summed E-state index contributed by atoms with van der Waals surface area (Å²) < 4.78 is 6.43. The zero-order valence-electron chi connectivity index (χ0n) is 24.4. The Morgan fingerprint density at radius 3 is 2.41 bits per heavy atom. The maximum Gasteiger partial charge on any atom is 0.0722 e. The van der Waals surface area contributed by atoms with Gasteiger partial charge in [-0.05, 0) is 121 Å². The first-order chi connectivity index (χ1) is 17.6. The summed E-state index contributed by atoms with van der Waals surface area (Å²) in [5.74, 6) is 5.37. The number of fused-ring (bicyclic) bond motifs is 5. The van der Waals surface area contributed by atoms with Crippen molar-refractivity contribution in [2.75, 3.05) is 11.5 Å². The summed E-state index contributed by atoms with van der Waals surface area (Å²) in [5.41, 5.74) is 17.2. The molecule has 0 bridgehead atoms. The van der Waals surface area contributed by atoms with Crippen molar-refractivity contribution in [3.63, 3.8) is 0 Å². The van der Waals surface area contributed by atoms with Crippen molar-refractivity contribution in [2.45, 2.75) is 118 Å². The summed E-state index contributed by atoms with van der Waals surface area (Å²) >= 11 is 0. The Balaban J connectivity index is 1.23. The molecule has 0 radical (unpaired) electrons. The van der Waals surface area contributed by atoms with Crippen LogP contribution in [0.4, 0.5) is 11.4 Å². The van der Waals surface area contributed by atoms with Crippen LogP contribution in [0.2, 0.25) is 0 Å². The third-order valence-electron chi connectivity index (χ3n) is 11.8. The predicted octanol–water partition coefficient (Wildman–Crippen LogP) is 8.78. The molecule has 0 heterocycles. The largest absolute Gasteiger partial charge is 0.399 e. The second kappa shape index (κ2) is 10.6. The fourth-order valence-corrected chi connectivity index (χ4v) is 9.84. The fourth-order valence-electron chi connectivity index (χ4n) is 9.84. The smallest absolute Gasteiger partial charge is 0.0722 e. The molecule has 1 aromatic carbocycles. The number of nitrogens with two attached hydrogens (primary N) is 2. The summed E-state index contributed by atoms with van der Waals surface area (Å²) in [6, 6.07) is 5.80. The standard InChI is InChI=1S/C34H54N2O/c1-22(2)7-6-8-23(3)30-11-12-31-29-10-9-25-19-28(37-21-24-17-26(35)20-27(36)18-24)13-15-33(25,4)32(29)14-16-34(30,31)5/h9,17-18,20,22-23,28-32H,6-8,10-16,19,21,35-36H2,1-5H3/t23-,28?,29?,30-,31?,32?,33+,34-/m1/s1. The molecule has 3 saturated carbocycles. The van der Waals surface area contributed by atoms with Crippen molar-refractivity contribution in [1.82, 2.24) is 0 Å². The summed E-state index contributed by atoms with van der Waals surface area (Å²) in [7, 11) is 0. The van der Waals surface area contributed by atoms with Gasteiger partial charge in [-0.25, -0.2) is 0 Å². The van der Waals surface area contributed by atoms with E-state index in [1.807, 2.05) is 18.2 Å². The second-order valence-electron chi connectivity index (χ2n) is 14.5. The Kier molecular flexibility index (Phi) is 7.76. The molecule has 0 amide bonds. The molecule has 8 atom stereocenters. The third kappa shape index (κ3) is 5.23. The van der Waals surface area contributed by atoms with Crippen LogP contribution in [-0.2, 0) is 11.3 Å². The Morgan fingerprint density at radius 1 is 0.919 bits per heavy atom. The minimum atomic E-state index is 0.315. The van der Waals surface area contributed by atoms with Gasteiger partial charge in [0.15, 0.2) is 0 Å². The highest BCUT2D eigenvalue weighted by atomic mass is 16.5. The van der Waals surface area contributed by atoms with Crippen LogP contribution < -0.4 is 11.5 Å². The molecule has 3 nitrogen and oxygen atoms in total. The third-order valence-corrected chi connectivity index (χ3v) is 11.8. The highest BCUT2D eigenvalue weighted by molar-refractivity contribution is 5.54. The second-order valence-corrected chi connectivity index (χ2v) is 14.5. The van der Waals surface area contributed by atoms with E-state index >= 15 is 0 Å². The minimum Gasteiger partial charge on any atom is -0.399 e. The van der Waals surface area contributed by atoms with E-state index in [4.69, 9.17) is 16.2 Å². The molecule has 0 aromatic heterocycles. The number of allylic oxidation sites excluding steroid dienone is 1. The highest BCUT2D eigenvalue weighted by Gasteiger charge is 2.59. The predicted molar refractivity (Wildman–Crippen MR) is 157 cm³/mol. The van der Waals surface area contributed by atoms with Gasteiger partial charge < -0.3 is 16.2 Å². The number of rotatable bonds is 8. The Morgan fingerprint density at radius 2 is 1.68 bits per heavy atom. The van der Waals surface area contributed by atoms with Crippen LogP contribution in [-0.4, -0.2) is 6.10 Å². The number of hydrogen-bond acceptors (Lipinski definition) is 3. The average molecular weight is 507 g/mol. The average Bonchev–Trinajstić information content (AvgIpc) is 3.19. The summed E-state index contributed by atoms with van der Waals surface area (Å²) in [6.45, 7) is 13.3. The fraction of sp³-hybridized carbons (Fsp3) is 0.765. The molecule has 1 aromatic rings. The molecule has 0 aliphatic heterocycles. The van der Waals surface area contributed by atoms with Crippen molar-refractivity contribution in [1.29, 1.82) is 0 Å². The normalized spacial score (nSPS) is 38.0. The van der Waals surface area contributed by atoms with Gasteiger partial charge in [-0.15, -0.1) is 0 Å². The first-order valence-electron chi connectivity index (χ1n) is 15.6. The van der Waals surface area contributed by atoms with Crippen molar-refractivity contribution in [2.24, 2.45) is 46.3 Å². The van der Waals surface area contributed by atoms with E-state index in [0.29, 0.717) is 23.5 Å². The van der Waals surface area contributed by atoms with E-state index in [1.54, 1.807) is 5.57 Å². The van der Waals surface area contributed by atoms with E-state index in [2.05, 4.69) is 40.7 Å². The molecule has 4 N–H and O–H groups in total. The lowest BCUT2D eigenvalue weighted by Gasteiger charge is -2.58. The molecule has 5 rings (SSSR count). The molecule has 37 heavy (non-hydrogen) atoms. The van der Waals surface area contributed by atoms with Gasteiger partial charge in [-0.2, -0.15) is 0 Å². The molecule has 0 saturated heterocycles. The molecule has 3 fully saturated rings. The molecular weight excluding hydrogens is 452 g/mol. The van der Waals surface area contributed by atoms with E-state index in [1.165, 1.54) is 64.2 Å². The van der Waals surface area contributed by atoms with E-state index < -0.39 is 0 Å². The monoisotopic (exact) mass is 506 g/mol. The zero-order chi connectivity index (χ0) is 26.4. The Hall–Kier alpha value is -1.48. The van der Waals surface area contributed by atoms with Gasteiger partial charge in [0.1, 0.15) is 0 Å². The first-order valence-corrected chi connectivity index (χ1v) is 15.6. The molecule has 4 aliphatic carbocycles. The minimum absolute atomic E-state index is 0.315. The molecule has 206 valence electrons. The molecule has 3 heteroatoms. The Bertz CT molecular complexity index is 964. The van der Waals surface area contributed by atoms with Gasteiger partial charge in [0.05, 0.1) is 12.7 Å². The number of nitrogen functional groups attached to an aromatic ring is 2. The first kappa shape index (κ1) is 27.1. The lowest BCUT2D eigenvalue weighted by Crippen LogP contribution is -2.51. The SMILES string of the molecule is CC(C)CCC[C@@H](C)[C@H]1CCC2C3CC=C4CC(OCc5cc(N)cc(N)c5)CC[C@]4(C)C3CC[C@@]21C. The maximum absolute atomic E-state index is 6.43. The van der Waals surface area contributed by atoms with E-state index in [0.717, 1.165) is 58.9 Å². The van der Waals surface area contributed by atoms with Crippen molar-refractivity contribution in [3.8, 4) is 0 Å². The van der Waals surface area contributed by atoms with Gasteiger partial charge in [-0.1, -0.05) is 65.5 Å². The van der Waals surface area contributed by atoms with Crippen molar-refractivity contribution >= 4 is 11.4 Å². The van der Waals surface area contributed by atoms with Crippen LogP contribution >= 0.6 is 0 Å². The van der Waals surface area contributed by atoms with Crippen LogP contribution in [0.25, 0.3) is 0 Å². The summed E-state index contributed by atoms with van der Waals surface area (Å²) in [6.07, 6.45) is 18.0. The summed E-state index contributed by atoms with van der Waals surface area (Å²) in [5, 5.41) is 0. The van der Waals surface area contributed by atoms with E-state index in [-0.39, 0.29) is 0 Å². The number of hydrogen-bond donors (Lipinski definition) is 2. The van der Waals surface area contributed by atoms with Crippen LogP contribution in [0.3, 0.4) is 0 Å². The molecule has 0 spiro atoms. The van der Waals surface area contributed by atoms with Gasteiger partial charge in [0.2, 0.25) is 0 Å². The van der Waals surface area contributed by atoms with Crippen molar-refractivity contribution < 1.29 is 4.74 Å². The van der Waals surface area contributed by atoms with Gasteiger partial charge >= 0.3 is 0 Å². The van der Waals surface area contributed by atoms with Gasteiger partial charge in [-0.3, -0.25) is 0 Å². The highest BCUT2D eigenvalue weighted by Crippen LogP contribution is 2.67. The Labute approximate surface area is 227 Å². The quantitative estimate of drug-likeness (QED) is 0.273. The molecule has 4 aliphatic rings. The maximum atomic E-state index is 6.43. The lowest BCUT2D eigenvalue weighted by atomic mass is 9.47. The van der Waals surface area contributed by atoms with Crippen LogP contribution in [0, 0.1) is 46.3 Å². The van der Waals surface area contributed by atoms with Crippen LogP contribution in [0.5, 0.6) is 0 Å².